The number of ether oxygens (including phenoxy) is 1. The van der Waals surface area contributed by atoms with Gasteiger partial charge in [0.2, 0.25) is 5.91 Å². The van der Waals surface area contributed by atoms with E-state index in [1.54, 1.807) is 16.9 Å². The normalized spacial score (nSPS) is 17.5. The Morgan fingerprint density at radius 2 is 1.96 bits per heavy atom. The molecule has 1 atom stereocenters. The van der Waals surface area contributed by atoms with Crippen LogP contribution in [0.3, 0.4) is 0 Å². The van der Waals surface area contributed by atoms with E-state index in [1.807, 2.05) is 52.0 Å². The van der Waals surface area contributed by atoms with Crippen LogP contribution in [0.15, 0.2) is 24.3 Å². The minimum atomic E-state index is -0.184. The molecule has 1 aromatic carbocycles. The van der Waals surface area contributed by atoms with E-state index in [2.05, 4.69) is 5.32 Å². The van der Waals surface area contributed by atoms with Gasteiger partial charge >= 0.3 is 6.03 Å². The van der Waals surface area contributed by atoms with Gasteiger partial charge in [-0.2, -0.15) is 0 Å². The first-order valence-electron chi connectivity index (χ1n) is 8.36. The summed E-state index contributed by atoms with van der Waals surface area (Å²) in [5.41, 5.74) is 0.792. The summed E-state index contributed by atoms with van der Waals surface area (Å²) in [6, 6.07) is 7.31. The first kappa shape index (κ1) is 18.1. The Bertz CT molecular complexity index is 593. The number of nitrogens with zero attached hydrogens (tertiary/aromatic N) is 2. The van der Waals surface area contributed by atoms with E-state index in [1.165, 1.54) is 0 Å². The molecule has 1 heterocycles. The molecule has 0 radical (unpaired) electrons. The fourth-order valence-corrected chi connectivity index (χ4v) is 3.15. The first-order chi connectivity index (χ1) is 11.3. The number of nitrogens with one attached hydrogen (secondary N) is 1. The van der Waals surface area contributed by atoms with E-state index >= 15 is 0 Å². The van der Waals surface area contributed by atoms with Crippen LogP contribution in [-0.4, -0.2) is 48.6 Å². The number of hydrogen-bond acceptors (Lipinski definition) is 3. The molecule has 0 spiro atoms. The number of hydrogen-bond donors (Lipinski definition) is 1. The summed E-state index contributed by atoms with van der Waals surface area (Å²) < 4.78 is 5.21. The van der Waals surface area contributed by atoms with Crippen molar-refractivity contribution in [1.82, 2.24) is 10.2 Å². The molecule has 24 heavy (non-hydrogen) atoms. The van der Waals surface area contributed by atoms with Gasteiger partial charge in [0.05, 0.1) is 13.2 Å². The molecule has 1 N–H and O–H groups in total. The second kappa shape index (κ2) is 7.55. The van der Waals surface area contributed by atoms with Crippen molar-refractivity contribution >= 4 is 17.6 Å². The van der Waals surface area contributed by atoms with Crippen LogP contribution in [-0.2, 0) is 4.79 Å². The van der Waals surface area contributed by atoms with Crippen LogP contribution in [0.25, 0.3) is 0 Å². The van der Waals surface area contributed by atoms with Crippen molar-refractivity contribution in [3.05, 3.63) is 24.3 Å². The largest absolute Gasteiger partial charge is 0.497 e. The van der Waals surface area contributed by atoms with Crippen molar-refractivity contribution in [2.24, 2.45) is 0 Å². The molecular formula is C18H27N3O3. The molecule has 0 saturated carbocycles. The van der Waals surface area contributed by atoms with Gasteiger partial charge in [0.1, 0.15) is 5.75 Å². The van der Waals surface area contributed by atoms with Crippen molar-refractivity contribution in [2.75, 3.05) is 18.6 Å². The third-order valence-electron chi connectivity index (χ3n) is 4.16. The van der Waals surface area contributed by atoms with Gasteiger partial charge in [-0.05, 0) is 39.8 Å². The lowest BCUT2D eigenvalue weighted by Gasteiger charge is -2.32. The van der Waals surface area contributed by atoms with Crippen molar-refractivity contribution < 1.29 is 14.3 Å². The summed E-state index contributed by atoms with van der Waals surface area (Å²) in [7, 11) is 1.60. The second-order valence-electron chi connectivity index (χ2n) is 6.65. The topological polar surface area (TPSA) is 61.9 Å². The third kappa shape index (κ3) is 3.99. The monoisotopic (exact) mass is 333 g/mol. The van der Waals surface area contributed by atoms with E-state index in [0.717, 1.165) is 5.69 Å². The minimum Gasteiger partial charge on any atom is -0.497 e. The van der Waals surface area contributed by atoms with E-state index in [0.29, 0.717) is 18.7 Å². The minimum absolute atomic E-state index is 0.00852. The van der Waals surface area contributed by atoms with Gasteiger partial charge in [-0.25, -0.2) is 4.79 Å². The van der Waals surface area contributed by atoms with Gasteiger partial charge in [0, 0.05) is 36.8 Å². The van der Waals surface area contributed by atoms with Crippen LogP contribution in [0.2, 0.25) is 0 Å². The number of urea groups is 1. The predicted molar refractivity (Wildman–Crippen MR) is 94.4 cm³/mol. The van der Waals surface area contributed by atoms with Crippen LogP contribution in [0.5, 0.6) is 5.75 Å². The summed E-state index contributed by atoms with van der Waals surface area (Å²) in [4.78, 5) is 28.3. The highest BCUT2D eigenvalue weighted by Gasteiger charge is 2.33. The van der Waals surface area contributed by atoms with Gasteiger partial charge in [-0.3, -0.25) is 4.79 Å². The highest BCUT2D eigenvalue weighted by Crippen LogP contribution is 2.25. The number of carbonyl (C=O) groups excluding carboxylic acids is 2. The smallest absolute Gasteiger partial charge is 0.318 e. The van der Waals surface area contributed by atoms with E-state index in [4.69, 9.17) is 4.74 Å². The van der Waals surface area contributed by atoms with Crippen molar-refractivity contribution in [2.45, 2.75) is 52.2 Å². The molecule has 2 rings (SSSR count). The number of methoxy groups -OCH3 is 1. The molecule has 0 unspecified atom stereocenters. The van der Waals surface area contributed by atoms with E-state index in [9.17, 15) is 9.59 Å². The Balaban J connectivity index is 2.05. The lowest BCUT2D eigenvalue weighted by atomic mass is 10.2. The van der Waals surface area contributed by atoms with Gasteiger partial charge < -0.3 is 19.9 Å². The summed E-state index contributed by atoms with van der Waals surface area (Å²) in [6.45, 7) is 8.43. The standard InChI is InChI=1S/C18H27N3O3/c1-12(2)21(13(3)4)18(23)19-14-9-17(22)20(11-14)15-7-6-8-16(10-15)24-5/h6-8,10,12-14H,9,11H2,1-5H3,(H,19,23)/t14-/m0/s1. The van der Waals surface area contributed by atoms with Crippen molar-refractivity contribution in [1.29, 1.82) is 0 Å². The first-order valence-corrected chi connectivity index (χ1v) is 8.36. The molecule has 1 aromatic rings. The van der Waals surface area contributed by atoms with Gasteiger partial charge in [0.25, 0.3) is 0 Å². The number of anilines is 1. The molecular weight excluding hydrogens is 306 g/mol. The summed E-state index contributed by atoms with van der Waals surface area (Å²) in [5.74, 6) is 0.716. The third-order valence-corrected chi connectivity index (χ3v) is 4.16. The Morgan fingerprint density at radius 3 is 2.54 bits per heavy atom. The van der Waals surface area contributed by atoms with Crippen molar-refractivity contribution in [3.8, 4) is 5.75 Å². The molecule has 1 aliphatic rings. The fourth-order valence-electron chi connectivity index (χ4n) is 3.15. The molecule has 0 aromatic heterocycles. The Morgan fingerprint density at radius 1 is 1.29 bits per heavy atom. The van der Waals surface area contributed by atoms with Crippen LogP contribution in [0.4, 0.5) is 10.5 Å². The quantitative estimate of drug-likeness (QED) is 0.901. The molecule has 132 valence electrons. The molecule has 1 saturated heterocycles. The summed E-state index contributed by atoms with van der Waals surface area (Å²) >= 11 is 0. The molecule has 1 fully saturated rings. The highest BCUT2D eigenvalue weighted by atomic mass is 16.5. The molecule has 0 aliphatic carbocycles. The van der Waals surface area contributed by atoms with Crippen LogP contribution in [0, 0.1) is 0 Å². The maximum atomic E-state index is 12.5. The highest BCUT2D eigenvalue weighted by molar-refractivity contribution is 5.97. The van der Waals surface area contributed by atoms with Crippen molar-refractivity contribution in [3.63, 3.8) is 0 Å². The molecule has 1 aliphatic heterocycles. The van der Waals surface area contributed by atoms with Gasteiger partial charge in [-0.15, -0.1) is 0 Å². The summed E-state index contributed by atoms with van der Waals surface area (Å²) in [6.07, 6.45) is 0.312. The predicted octanol–water partition coefficient (Wildman–Crippen LogP) is 2.63. The lowest BCUT2D eigenvalue weighted by Crippen LogP contribution is -2.51. The SMILES string of the molecule is COc1cccc(N2C[C@@H](NC(=O)N(C(C)C)C(C)C)CC2=O)c1. The van der Waals surface area contributed by atoms with Crippen LogP contribution < -0.4 is 15.0 Å². The number of benzene rings is 1. The zero-order valence-electron chi connectivity index (χ0n) is 15.1. The van der Waals surface area contributed by atoms with E-state index in [-0.39, 0.29) is 30.1 Å². The molecule has 0 bridgehead atoms. The number of amides is 3. The maximum absolute atomic E-state index is 12.5. The van der Waals surface area contributed by atoms with Gasteiger partial charge in [-0.1, -0.05) is 6.07 Å². The van der Waals surface area contributed by atoms with Crippen LogP contribution >= 0.6 is 0 Å². The van der Waals surface area contributed by atoms with E-state index < -0.39 is 0 Å². The second-order valence-corrected chi connectivity index (χ2v) is 6.65. The average molecular weight is 333 g/mol. The lowest BCUT2D eigenvalue weighted by molar-refractivity contribution is -0.117. The van der Waals surface area contributed by atoms with Gasteiger partial charge in [0.15, 0.2) is 0 Å². The fraction of sp³-hybridized carbons (Fsp3) is 0.556. The zero-order chi connectivity index (χ0) is 17.9. The zero-order valence-corrected chi connectivity index (χ0v) is 15.1. The Kier molecular flexibility index (Phi) is 5.70. The maximum Gasteiger partial charge on any atom is 0.318 e. The molecule has 6 heteroatoms. The summed E-state index contributed by atoms with van der Waals surface area (Å²) in [5, 5.41) is 2.99. The Labute approximate surface area is 143 Å². The molecule has 3 amide bonds. The average Bonchev–Trinajstić information content (AvgIpc) is 2.86. The number of rotatable bonds is 5. The number of carbonyl (C=O) groups is 2. The Hall–Kier alpha value is -2.24. The molecule has 6 nitrogen and oxygen atoms in total. The van der Waals surface area contributed by atoms with Crippen LogP contribution in [0.1, 0.15) is 34.1 Å².